The minimum Gasteiger partial charge on any atom is -0.477 e. The van der Waals surface area contributed by atoms with E-state index >= 15 is 0 Å². The molecule has 0 aliphatic carbocycles. The maximum absolute atomic E-state index is 13.2. The highest BCUT2D eigenvalue weighted by atomic mass is 19.1. The number of methoxy groups -OCH3 is 1. The standard InChI is InChI=1S/C18H17FN2O6/c1-20(10-12-4-3-5-14(19)8-12)17(22)11-27-16-7-6-13(18(23)26-2)9-15(16)21(24)25/h3-9H,10-11H2,1-2H3. The third kappa shape index (κ3) is 5.24. The second kappa shape index (κ2) is 8.75. The minimum atomic E-state index is -0.726. The van der Waals surface area contributed by atoms with Crippen LogP contribution in [-0.2, 0) is 16.1 Å². The number of esters is 1. The lowest BCUT2D eigenvalue weighted by molar-refractivity contribution is -0.385. The number of hydrogen-bond acceptors (Lipinski definition) is 6. The molecule has 0 aliphatic heterocycles. The number of nitro benzene ring substituents is 1. The molecule has 0 radical (unpaired) electrons. The summed E-state index contributed by atoms with van der Waals surface area (Å²) in [7, 11) is 2.66. The van der Waals surface area contributed by atoms with Crippen molar-refractivity contribution in [1.82, 2.24) is 4.90 Å². The summed E-state index contributed by atoms with van der Waals surface area (Å²) in [6, 6.07) is 9.35. The van der Waals surface area contributed by atoms with Crippen molar-refractivity contribution < 1.29 is 28.4 Å². The zero-order valence-electron chi connectivity index (χ0n) is 14.7. The maximum Gasteiger partial charge on any atom is 0.338 e. The van der Waals surface area contributed by atoms with Gasteiger partial charge in [-0.3, -0.25) is 14.9 Å². The zero-order chi connectivity index (χ0) is 20.0. The van der Waals surface area contributed by atoms with Crippen molar-refractivity contribution >= 4 is 17.6 Å². The van der Waals surface area contributed by atoms with E-state index in [1.165, 1.54) is 42.3 Å². The van der Waals surface area contributed by atoms with Gasteiger partial charge in [-0.2, -0.15) is 0 Å². The average Bonchev–Trinajstić information content (AvgIpc) is 2.65. The Morgan fingerprint density at radius 1 is 1.22 bits per heavy atom. The van der Waals surface area contributed by atoms with Crippen LogP contribution in [0.3, 0.4) is 0 Å². The summed E-state index contributed by atoms with van der Waals surface area (Å²) in [5.41, 5.74) is 0.129. The molecule has 0 fully saturated rings. The molecule has 9 heteroatoms. The molecule has 0 aliphatic rings. The highest BCUT2D eigenvalue weighted by Crippen LogP contribution is 2.28. The molecule has 0 saturated carbocycles. The Labute approximate surface area is 154 Å². The zero-order valence-corrected chi connectivity index (χ0v) is 14.7. The van der Waals surface area contributed by atoms with Crippen LogP contribution < -0.4 is 4.74 Å². The third-order valence-corrected chi connectivity index (χ3v) is 3.66. The Hall–Kier alpha value is -3.49. The fraction of sp³-hybridized carbons (Fsp3) is 0.222. The quantitative estimate of drug-likeness (QED) is 0.418. The van der Waals surface area contributed by atoms with Crippen molar-refractivity contribution in [3.05, 3.63) is 69.5 Å². The summed E-state index contributed by atoms with van der Waals surface area (Å²) >= 11 is 0. The molecule has 8 nitrogen and oxygen atoms in total. The SMILES string of the molecule is COC(=O)c1ccc(OCC(=O)N(C)Cc2cccc(F)c2)c([N+](=O)[O-])c1. The number of ether oxygens (including phenoxy) is 2. The van der Waals surface area contributed by atoms with E-state index in [0.717, 1.165) is 13.2 Å². The Kier molecular flexibility index (Phi) is 6.42. The van der Waals surface area contributed by atoms with Gasteiger partial charge >= 0.3 is 11.7 Å². The lowest BCUT2D eigenvalue weighted by Crippen LogP contribution is -2.31. The number of amides is 1. The van der Waals surface area contributed by atoms with E-state index in [4.69, 9.17) is 4.74 Å². The number of rotatable bonds is 7. The predicted molar refractivity (Wildman–Crippen MR) is 92.8 cm³/mol. The third-order valence-electron chi connectivity index (χ3n) is 3.66. The second-order valence-electron chi connectivity index (χ2n) is 5.60. The van der Waals surface area contributed by atoms with Crippen LogP contribution in [0.4, 0.5) is 10.1 Å². The van der Waals surface area contributed by atoms with E-state index in [9.17, 15) is 24.1 Å². The Bertz CT molecular complexity index is 871. The second-order valence-corrected chi connectivity index (χ2v) is 5.60. The molecule has 0 atom stereocenters. The van der Waals surface area contributed by atoms with E-state index in [2.05, 4.69) is 4.74 Å². The van der Waals surface area contributed by atoms with E-state index in [0.29, 0.717) is 5.56 Å². The number of benzene rings is 2. The molecule has 0 heterocycles. The molecule has 0 spiro atoms. The number of carbonyl (C=O) groups is 2. The Morgan fingerprint density at radius 3 is 2.59 bits per heavy atom. The molecular formula is C18H17FN2O6. The topological polar surface area (TPSA) is 99.0 Å². The molecule has 0 saturated heterocycles. The van der Waals surface area contributed by atoms with Crippen molar-refractivity contribution in [3.63, 3.8) is 0 Å². The van der Waals surface area contributed by atoms with Gasteiger partial charge in [0.1, 0.15) is 5.82 Å². The molecule has 2 aromatic rings. The van der Waals surface area contributed by atoms with Crippen LogP contribution in [0.25, 0.3) is 0 Å². The van der Waals surface area contributed by atoms with Crippen LogP contribution >= 0.6 is 0 Å². The van der Waals surface area contributed by atoms with E-state index in [1.807, 2.05) is 0 Å². The largest absolute Gasteiger partial charge is 0.477 e. The highest BCUT2D eigenvalue weighted by Gasteiger charge is 2.20. The number of nitro groups is 1. The molecule has 0 unspecified atom stereocenters. The van der Waals surface area contributed by atoms with E-state index < -0.39 is 34.9 Å². The van der Waals surface area contributed by atoms with Crippen LogP contribution in [0.5, 0.6) is 5.75 Å². The highest BCUT2D eigenvalue weighted by molar-refractivity contribution is 5.90. The number of likely N-dealkylation sites (N-methyl/N-ethyl adjacent to an activating group) is 1. The van der Waals surface area contributed by atoms with Crippen molar-refractivity contribution in [2.75, 3.05) is 20.8 Å². The van der Waals surface area contributed by atoms with Crippen molar-refractivity contribution in [2.45, 2.75) is 6.54 Å². The fourth-order valence-corrected chi connectivity index (χ4v) is 2.27. The molecule has 2 rings (SSSR count). The van der Waals surface area contributed by atoms with E-state index in [-0.39, 0.29) is 17.9 Å². The van der Waals surface area contributed by atoms with Gasteiger partial charge in [-0.15, -0.1) is 0 Å². The van der Waals surface area contributed by atoms with Gasteiger partial charge in [0.25, 0.3) is 5.91 Å². The van der Waals surface area contributed by atoms with Crippen molar-refractivity contribution in [2.24, 2.45) is 0 Å². The lowest BCUT2D eigenvalue weighted by atomic mass is 10.2. The number of halogens is 1. The number of carbonyl (C=O) groups excluding carboxylic acids is 2. The van der Waals surface area contributed by atoms with Gasteiger partial charge in [-0.1, -0.05) is 12.1 Å². The molecule has 0 bridgehead atoms. The van der Waals surface area contributed by atoms with Gasteiger partial charge in [0.05, 0.1) is 17.6 Å². The normalized spacial score (nSPS) is 10.2. The molecule has 1 amide bonds. The molecule has 0 aromatic heterocycles. The van der Waals surface area contributed by atoms with E-state index in [1.54, 1.807) is 6.07 Å². The number of hydrogen-bond donors (Lipinski definition) is 0. The van der Waals surface area contributed by atoms with Crippen molar-refractivity contribution in [3.8, 4) is 5.75 Å². The smallest absolute Gasteiger partial charge is 0.338 e. The summed E-state index contributed by atoms with van der Waals surface area (Å²) < 4.78 is 23.0. The molecule has 142 valence electrons. The summed E-state index contributed by atoms with van der Waals surface area (Å²) in [6.07, 6.45) is 0. The van der Waals surface area contributed by atoms with Gasteiger partial charge in [0, 0.05) is 19.7 Å². The first-order chi connectivity index (χ1) is 12.8. The van der Waals surface area contributed by atoms with Crippen LogP contribution in [0.15, 0.2) is 42.5 Å². The van der Waals surface area contributed by atoms with Gasteiger partial charge in [-0.25, -0.2) is 9.18 Å². The van der Waals surface area contributed by atoms with Crippen molar-refractivity contribution in [1.29, 1.82) is 0 Å². The monoisotopic (exact) mass is 376 g/mol. The molecule has 0 N–H and O–H groups in total. The summed E-state index contributed by atoms with van der Waals surface area (Å²) in [5.74, 6) is -1.74. The van der Waals surface area contributed by atoms with Gasteiger partial charge < -0.3 is 14.4 Å². The lowest BCUT2D eigenvalue weighted by Gasteiger charge is -2.17. The maximum atomic E-state index is 13.2. The fourth-order valence-electron chi connectivity index (χ4n) is 2.27. The molecule has 27 heavy (non-hydrogen) atoms. The molecular weight excluding hydrogens is 359 g/mol. The minimum absolute atomic E-state index is 0.00824. The summed E-state index contributed by atoms with van der Waals surface area (Å²) in [4.78, 5) is 35.4. The van der Waals surface area contributed by atoms with Crippen LogP contribution in [0.1, 0.15) is 15.9 Å². The van der Waals surface area contributed by atoms with Gasteiger partial charge in [0.2, 0.25) is 0 Å². The summed E-state index contributed by atoms with van der Waals surface area (Å²) in [5, 5.41) is 11.2. The van der Waals surface area contributed by atoms with Crippen LogP contribution in [0.2, 0.25) is 0 Å². The van der Waals surface area contributed by atoms with Gasteiger partial charge in [-0.05, 0) is 29.8 Å². The molecule has 2 aromatic carbocycles. The first-order valence-electron chi connectivity index (χ1n) is 7.79. The Morgan fingerprint density at radius 2 is 1.96 bits per heavy atom. The average molecular weight is 376 g/mol. The predicted octanol–water partition coefficient (Wildman–Crippen LogP) is 2.56. The van der Waals surface area contributed by atoms with Gasteiger partial charge in [0.15, 0.2) is 12.4 Å². The first-order valence-corrected chi connectivity index (χ1v) is 7.79. The van der Waals surface area contributed by atoms with Crippen LogP contribution in [0, 0.1) is 15.9 Å². The first kappa shape index (κ1) is 19.8. The number of nitrogens with zero attached hydrogens (tertiary/aromatic N) is 2. The van der Waals surface area contributed by atoms with Crippen LogP contribution in [-0.4, -0.2) is 42.5 Å². The Balaban J connectivity index is 2.05. The summed E-state index contributed by atoms with van der Waals surface area (Å²) in [6.45, 7) is -0.298.